The molecule has 0 radical (unpaired) electrons. The highest BCUT2D eigenvalue weighted by atomic mass is 16.5. The summed E-state index contributed by atoms with van der Waals surface area (Å²) in [6.07, 6.45) is 1.33. The van der Waals surface area contributed by atoms with Crippen LogP contribution >= 0.6 is 0 Å². The maximum atomic E-state index is 5.37. The molecule has 100 valence electrons. The van der Waals surface area contributed by atoms with Crippen LogP contribution in [0.3, 0.4) is 0 Å². The number of nitrogens with zero attached hydrogens (tertiary/aromatic N) is 3. The lowest BCUT2D eigenvalue weighted by atomic mass is 10.3. The van der Waals surface area contributed by atoms with Gasteiger partial charge in [0.2, 0.25) is 0 Å². The quantitative estimate of drug-likeness (QED) is 0.840. The van der Waals surface area contributed by atoms with E-state index in [-0.39, 0.29) is 0 Å². The second-order valence-electron chi connectivity index (χ2n) is 4.30. The minimum absolute atomic E-state index is 0.295. The van der Waals surface area contributed by atoms with Crippen molar-refractivity contribution in [1.29, 1.82) is 0 Å². The van der Waals surface area contributed by atoms with E-state index >= 15 is 0 Å². The molecule has 0 amide bonds. The van der Waals surface area contributed by atoms with Gasteiger partial charge in [-0.15, -0.1) is 0 Å². The highest BCUT2D eigenvalue weighted by Crippen LogP contribution is 2.22. The SMILES string of the molecule is CNc1cc(N2CCC(OC)C2)nc(COC)n1. The van der Waals surface area contributed by atoms with Crippen LogP contribution in [0.2, 0.25) is 0 Å². The standard InChI is InChI=1S/C12H20N4O2/c1-13-10-6-12(15-11(14-10)8-17-2)16-5-4-9(7-16)18-3/h6,9H,4-5,7-8H2,1-3H3,(H,13,14,15). The van der Waals surface area contributed by atoms with Crippen molar-refractivity contribution in [2.45, 2.75) is 19.1 Å². The van der Waals surface area contributed by atoms with Gasteiger partial charge < -0.3 is 19.7 Å². The molecule has 6 heteroatoms. The van der Waals surface area contributed by atoms with Crippen LogP contribution in [0.1, 0.15) is 12.2 Å². The maximum absolute atomic E-state index is 5.37. The summed E-state index contributed by atoms with van der Waals surface area (Å²) in [6, 6.07) is 1.96. The Labute approximate surface area is 107 Å². The molecule has 1 aliphatic rings. The minimum Gasteiger partial charge on any atom is -0.380 e. The summed E-state index contributed by atoms with van der Waals surface area (Å²) in [7, 11) is 5.25. The van der Waals surface area contributed by atoms with E-state index in [0.29, 0.717) is 18.5 Å². The Morgan fingerprint density at radius 1 is 1.44 bits per heavy atom. The monoisotopic (exact) mass is 252 g/mol. The third-order valence-corrected chi connectivity index (χ3v) is 3.09. The predicted molar refractivity (Wildman–Crippen MR) is 69.9 cm³/mol. The lowest BCUT2D eigenvalue weighted by Crippen LogP contribution is -2.24. The fraction of sp³-hybridized carbons (Fsp3) is 0.667. The number of nitrogens with one attached hydrogen (secondary N) is 1. The van der Waals surface area contributed by atoms with E-state index in [2.05, 4.69) is 20.2 Å². The van der Waals surface area contributed by atoms with Gasteiger partial charge in [-0.2, -0.15) is 0 Å². The molecular weight excluding hydrogens is 232 g/mol. The molecule has 18 heavy (non-hydrogen) atoms. The highest BCUT2D eigenvalue weighted by Gasteiger charge is 2.23. The lowest BCUT2D eigenvalue weighted by Gasteiger charge is -2.18. The van der Waals surface area contributed by atoms with Gasteiger partial charge >= 0.3 is 0 Å². The van der Waals surface area contributed by atoms with Gasteiger partial charge in [0, 0.05) is 40.4 Å². The normalized spacial score (nSPS) is 19.3. The summed E-state index contributed by atoms with van der Waals surface area (Å²) in [4.78, 5) is 11.1. The number of ether oxygens (including phenoxy) is 2. The van der Waals surface area contributed by atoms with Crippen LogP contribution in [0, 0.1) is 0 Å². The summed E-state index contributed by atoms with van der Waals surface area (Å²) in [5.74, 6) is 2.44. The van der Waals surface area contributed by atoms with Gasteiger partial charge in [-0.25, -0.2) is 9.97 Å². The molecule has 1 atom stereocenters. The Morgan fingerprint density at radius 3 is 2.89 bits per heavy atom. The maximum Gasteiger partial charge on any atom is 0.158 e. The van der Waals surface area contributed by atoms with E-state index < -0.39 is 0 Å². The van der Waals surface area contributed by atoms with Crippen molar-refractivity contribution in [3.8, 4) is 0 Å². The van der Waals surface area contributed by atoms with Gasteiger partial charge in [0.05, 0.1) is 6.10 Å². The zero-order chi connectivity index (χ0) is 13.0. The summed E-state index contributed by atoms with van der Waals surface area (Å²) in [5, 5.41) is 3.05. The lowest BCUT2D eigenvalue weighted by molar-refractivity contribution is 0.121. The molecule has 1 aromatic rings. The van der Waals surface area contributed by atoms with Crippen molar-refractivity contribution in [3.05, 3.63) is 11.9 Å². The van der Waals surface area contributed by atoms with Crippen LogP contribution in [0.15, 0.2) is 6.07 Å². The largest absolute Gasteiger partial charge is 0.380 e. The van der Waals surface area contributed by atoms with Crippen molar-refractivity contribution in [2.24, 2.45) is 0 Å². The van der Waals surface area contributed by atoms with Crippen molar-refractivity contribution < 1.29 is 9.47 Å². The smallest absolute Gasteiger partial charge is 0.158 e. The van der Waals surface area contributed by atoms with E-state index in [0.717, 1.165) is 31.1 Å². The van der Waals surface area contributed by atoms with Gasteiger partial charge in [-0.05, 0) is 6.42 Å². The second-order valence-corrected chi connectivity index (χ2v) is 4.30. The first-order valence-electron chi connectivity index (χ1n) is 6.09. The molecule has 2 rings (SSSR count). The molecule has 1 unspecified atom stereocenters. The van der Waals surface area contributed by atoms with Crippen molar-refractivity contribution >= 4 is 11.6 Å². The van der Waals surface area contributed by atoms with Crippen LogP contribution in [-0.2, 0) is 16.1 Å². The number of anilines is 2. The van der Waals surface area contributed by atoms with E-state index in [1.807, 2.05) is 13.1 Å². The molecular formula is C12H20N4O2. The van der Waals surface area contributed by atoms with Crippen LogP contribution in [0.5, 0.6) is 0 Å². The first-order valence-corrected chi connectivity index (χ1v) is 6.09. The molecule has 0 spiro atoms. The number of rotatable bonds is 5. The molecule has 1 fully saturated rings. The minimum atomic E-state index is 0.295. The summed E-state index contributed by atoms with van der Waals surface area (Å²) in [6.45, 7) is 2.26. The molecule has 0 aromatic carbocycles. The summed E-state index contributed by atoms with van der Waals surface area (Å²) >= 11 is 0. The first-order chi connectivity index (χ1) is 8.76. The number of hydrogen-bond donors (Lipinski definition) is 1. The first kappa shape index (κ1) is 13.0. The molecule has 0 bridgehead atoms. The third kappa shape index (κ3) is 2.88. The van der Waals surface area contributed by atoms with Crippen LogP contribution < -0.4 is 10.2 Å². The molecule has 0 aliphatic carbocycles. The molecule has 0 saturated carbocycles. The summed E-state index contributed by atoms with van der Waals surface area (Å²) in [5.41, 5.74) is 0. The van der Waals surface area contributed by atoms with Gasteiger partial charge in [0.15, 0.2) is 5.82 Å². The van der Waals surface area contributed by atoms with E-state index in [9.17, 15) is 0 Å². The third-order valence-electron chi connectivity index (χ3n) is 3.09. The Morgan fingerprint density at radius 2 is 2.28 bits per heavy atom. The van der Waals surface area contributed by atoms with Crippen LogP contribution in [-0.4, -0.2) is 50.4 Å². The second kappa shape index (κ2) is 5.97. The molecule has 1 saturated heterocycles. The number of methoxy groups -OCH3 is 2. The Hall–Kier alpha value is -1.40. The Kier molecular flexibility index (Phi) is 4.33. The molecule has 1 aromatic heterocycles. The highest BCUT2D eigenvalue weighted by molar-refractivity contribution is 5.49. The fourth-order valence-electron chi connectivity index (χ4n) is 2.10. The molecule has 1 N–H and O–H groups in total. The number of aromatic nitrogens is 2. The average molecular weight is 252 g/mol. The zero-order valence-electron chi connectivity index (χ0n) is 11.1. The van der Waals surface area contributed by atoms with E-state index in [1.165, 1.54) is 0 Å². The molecule has 2 heterocycles. The predicted octanol–water partition coefficient (Wildman–Crippen LogP) is 0.890. The zero-order valence-corrected chi connectivity index (χ0v) is 11.1. The topological polar surface area (TPSA) is 59.5 Å². The molecule has 6 nitrogen and oxygen atoms in total. The van der Waals surface area contributed by atoms with Crippen LogP contribution in [0.25, 0.3) is 0 Å². The average Bonchev–Trinajstić information content (AvgIpc) is 2.87. The number of hydrogen-bond acceptors (Lipinski definition) is 6. The van der Waals surface area contributed by atoms with Crippen molar-refractivity contribution in [1.82, 2.24) is 9.97 Å². The van der Waals surface area contributed by atoms with Gasteiger partial charge in [-0.3, -0.25) is 0 Å². The van der Waals surface area contributed by atoms with Gasteiger partial charge in [0.1, 0.15) is 18.2 Å². The van der Waals surface area contributed by atoms with E-state index in [4.69, 9.17) is 9.47 Å². The van der Waals surface area contributed by atoms with Crippen LogP contribution in [0.4, 0.5) is 11.6 Å². The van der Waals surface area contributed by atoms with E-state index in [1.54, 1.807) is 14.2 Å². The van der Waals surface area contributed by atoms with Crippen molar-refractivity contribution in [3.63, 3.8) is 0 Å². The Balaban J connectivity index is 2.18. The van der Waals surface area contributed by atoms with Gasteiger partial charge in [0.25, 0.3) is 0 Å². The molecule has 1 aliphatic heterocycles. The summed E-state index contributed by atoms with van der Waals surface area (Å²) < 4.78 is 10.5. The fourth-order valence-corrected chi connectivity index (χ4v) is 2.10. The van der Waals surface area contributed by atoms with Crippen molar-refractivity contribution in [2.75, 3.05) is 44.6 Å². The Bertz CT molecular complexity index is 400. The van der Waals surface area contributed by atoms with Gasteiger partial charge in [-0.1, -0.05) is 0 Å².